The second-order valence-electron chi connectivity index (χ2n) is 8.18. The third-order valence-corrected chi connectivity index (χ3v) is 5.69. The van der Waals surface area contributed by atoms with Crippen LogP contribution in [0.5, 0.6) is 0 Å². The first-order chi connectivity index (χ1) is 12.7. The number of hydrogen-bond donors (Lipinski definition) is 3. The highest BCUT2D eigenvalue weighted by Crippen LogP contribution is 2.18. The quantitative estimate of drug-likeness (QED) is 0.345. The van der Waals surface area contributed by atoms with E-state index in [9.17, 15) is 9.90 Å². The fraction of sp³-hybridized carbons (Fsp3) is 0.955. The molecule has 0 aliphatic heterocycles. The van der Waals surface area contributed by atoms with Crippen LogP contribution in [-0.4, -0.2) is 29.3 Å². The van der Waals surface area contributed by atoms with Gasteiger partial charge in [0, 0.05) is 6.04 Å². The van der Waals surface area contributed by atoms with Crippen molar-refractivity contribution >= 4 is 6.03 Å². The van der Waals surface area contributed by atoms with Crippen LogP contribution in [0.4, 0.5) is 4.79 Å². The lowest BCUT2D eigenvalue weighted by atomic mass is 9.93. The Morgan fingerprint density at radius 3 is 1.96 bits per heavy atom. The molecular formula is C22H44N2O2. The molecule has 4 nitrogen and oxygen atoms in total. The molecule has 0 aromatic rings. The number of carbonyl (C=O) groups is 1. The van der Waals surface area contributed by atoms with Crippen LogP contribution in [0, 0.1) is 0 Å². The third-order valence-electron chi connectivity index (χ3n) is 5.69. The van der Waals surface area contributed by atoms with Gasteiger partial charge in [0.1, 0.15) is 0 Å². The lowest BCUT2D eigenvalue weighted by Gasteiger charge is -2.29. The summed E-state index contributed by atoms with van der Waals surface area (Å²) in [7, 11) is 0. The number of carbonyl (C=O) groups excluding carboxylic acids is 1. The van der Waals surface area contributed by atoms with Crippen LogP contribution in [0.25, 0.3) is 0 Å². The zero-order valence-electron chi connectivity index (χ0n) is 17.4. The molecule has 2 amide bonds. The number of aliphatic hydroxyl groups excluding tert-OH is 1. The maximum atomic E-state index is 12.4. The smallest absolute Gasteiger partial charge is 0.315 e. The summed E-state index contributed by atoms with van der Waals surface area (Å²) in [5.74, 6) is 0. The Kier molecular flexibility index (Phi) is 13.7. The number of unbranched alkanes of at least 4 members (excludes halogenated alkanes) is 8. The fourth-order valence-electron chi connectivity index (χ4n) is 3.95. The lowest BCUT2D eigenvalue weighted by Crippen LogP contribution is -2.51. The second-order valence-corrected chi connectivity index (χ2v) is 8.18. The number of urea groups is 1. The zero-order valence-corrected chi connectivity index (χ0v) is 17.4. The molecule has 0 radical (unpaired) electrons. The molecule has 2 atom stereocenters. The zero-order chi connectivity index (χ0) is 19.0. The van der Waals surface area contributed by atoms with Gasteiger partial charge in [-0.25, -0.2) is 4.79 Å². The van der Waals surface area contributed by atoms with E-state index in [1.165, 1.54) is 64.2 Å². The monoisotopic (exact) mass is 368 g/mol. The van der Waals surface area contributed by atoms with Gasteiger partial charge in [-0.3, -0.25) is 0 Å². The van der Waals surface area contributed by atoms with Gasteiger partial charge >= 0.3 is 6.03 Å². The molecule has 1 aliphatic rings. The van der Waals surface area contributed by atoms with Crippen LogP contribution in [0.15, 0.2) is 0 Å². The largest absolute Gasteiger partial charge is 0.391 e. The van der Waals surface area contributed by atoms with Crippen LogP contribution in [0.3, 0.4) is 0 Å². The summed E-state index contributed by atoms with van der Waals surface area (Å²) in [6, 6.07) is 0.126. The van der Waals surface area contributed by atoms with Crippen LogP contribution in [0.2, 0.25) is 0 Å². The van der Waals surface area contributed by atoms with E-state index in [0.717, 1.165) is 38.5 Å². The van der Waals surface area contributed by atoms with Gasteiger partial charge in [0.2, 0.25) is 0 Å². The topological polar surface area (TPSA) is 61.4 Å². The Morgan fingerprint density at radius 1 is 0.885 bits per heavy atom. The molecule has 0 heterocycles. The minimum Gasteiger partial charge on any atom is -0.391 e. The Hall–Kier alpha value is -0.770. The van der Waals surface area contributed by atoms with E-state index in [0.29, 0.717) is 0 Å². The minimum absolute atomic E-state index is 0.0708. The highest BCUT2D eigenvalue weighted by molar-refractivity contribution is 5.74. The molecule has 0 unspecified atom stereocenters. The van der Waals surface area contributed by atoms with E-state index < -0.39 is 0 Å². The van der Waals surface area contributed by atoms with Crippen molar-refractivity contribution in [3.63, 3.8) is 0 Å². The van der Waals surface area contributed by atoms with Gasteiger partial charge in [0.25, 0.3) is 0 Å². The molecule has 0 aromatic carbocycles. The average molecular weight is 369 g/mol. The van der Waals surface area contributed by atoms with Crippen molar-refractivity contribution in [2.24, 2.45) is 0 Å². The number of aliphatic hydroxyl groups is 1. The Bertz CT molecular complexity index is 335. The summed E-state index contributed by atoms with van der Waals surface area (Å²) in [6.45, 7) is 4.48. The van der Waals surface area contributed by atoms with Crippen molar-refractivity contribution < 1.29 is 9.90 Å². The predicted octanol–water partition coefficient (Wildman–Crippen LogP) is 5.68. The van der Waals surface area contributed by atoms with Crippen molar-refractivity contribution in [1.82, 2.24) is 10.6 Å². The van der Waals surface area contributed by atoms with Crippen molar-refractivity contribution in [3.05, 3.63) is 0 Å². The third kappa shape index (κ3) is 11.1. The number of hydrogen-bond acceptors (Lipinski definition) is 2. The average Bonchev–Trinajstić information content (AvgIpc) is 2.63. The van der Waals surface area contributed by atoms with E-state index >= 15 is 0 Å². The first-order valence-corrected chi connectivity index (χ1v) is 11.4. The van der Waals surface area contributed by atoms with E-state index in [1.54, 1.807) is 0 Å². The SMILES string of the molecule is CCCCCCCC(CCCCCCC)NC(=O)N[C@H]1CCCC[C@@H]1O. The molecule has 4 heteroatoms. The molecule has 154 valence electrons. The van der Waals surface area contributed by atoms with Gasteiger partial charge in [-0.05, 0) is 25.7 Å². The minimum atomic E-state index is -0.379. The molecule has 1 saturated carbocycles. The van der Waals surface area contributed by atoms with Gasteiger partial charge in [-0.15, -0.1) is 0 Å². The fourth-order valence-corrected chi connectivity index (χ4v) is 3.95. The first kappa shape index (κ1) is 23.3. The summed E-state index contributed by atoms with van der Waals surface area (Å²) in [4.78, 5) is 12.4. The highest BCUT2D eigenvalue weighted by atomic mass is 16.3. The second kappa shape index (κ2) is 15.3. The van der Waals surface area contributed by atoms with Crippen molar-refractivity contribution in [1.29, 1.82) is 0 Å². The Balaban J connectivity index is 2.33. The lowest BCUT2D eigenvalue weighted by molar-refractivity contribution is 0.0939. The van der Waals surface area contributed by atoms with Gasteiger partial charge < -0.3 is 15.7 Å². The number of nitrogens with one attached hydrogen (secondary N) is 2. The predicted molar refractivity (Wildman–Crippen MR) is 110 cm³/mol. The Morgan fingerprint density at radius 2 is 1.42 bits per heavy atom. The molecule has 1 aliphatic carbocycles. The molecule has 1 fully saturated rings. The molecular weight excluding hydrogens is 324 g/mol. The number of rotatable bonds is 14. The van der Waals surface area contributed by atoms with E-state index in [4.69, 9.17) is 0 Å². The standard InChI is InChI=1S/C22H44N2O2/c1-3-5-7-9-11-15-19(16-12-10-8-6-4-2)23-22(26)24-20-17-13-14-18-21(20)25/h19-21,25H,3-18H2,1-2H3,(H2,23,24,26)/t20-,21-/m0/s1. The molecule has 0 bridgehead atoms. The van der Waals surface area contributed by atoms with Crippen LogP contribution >= 0.6 is 0 Å². The molecule has 0 spiro atoms. The highest BCUT2D eigenvalue weighted by Gasteiger charge is 2.25. The summed E-state index contributed by atoms with van der Waals surface area (Å²) >= 11 is 0. The van der Waals surface area contributed by atoms with Gasteiger partial charge in [-0.2, -0.15) is 0 Å². The molecule has 0 saturated heterocycles. The molecule has 1 rings (SSSR count). The van der Waals surface area contributed by atoms with Crippen LogP contribution < -0.4 is 10.6 Å². The van der Waals surface area contributed by atoms with Crippen LogP contribution in [-0.2, 0) is 0 Å². The summed E-state index contributed by atoms with van der Waals surface area (Å²) in [5, 5.41) is 16.3. The van der Waals surface area contributed by atoms with E-state index in [-0.39, 0.29) is 24.2 Å². The van der Waals surface area contributed by atoms with Gasteiger partial charge in [-0.1, -0.05) is 90.9 Å². The molecule has 0 aromatic heterocycles. The van der Waals surface area contributed by atoms with E-state index in [1.807, 2.05) is 0 Å². The summed E-state index contributed by atoms with van der Waals surface area (Å²) < 4.78 is 0. The first-order valence-electron chi connectivity index (χ1n) is 11.4. The normalized spacial score (nSPS) is 20.3. The van der Waals surface area contributed by atoms with Crippen molar-refractivity contribution in [2.45, 2.75) is 135 Å². The van der Waals surface area contributed by atoms with Gasteiger partial charge in [0.05, 0.1) is 12.1 Å². The van der Waals surface area contributed by atoms with Crippen LogP contribution in [0.1, 0.15) is 117 Å². The van der Waals surface area contributed by atoms with E-state index in [2.05, 4.69) is 24.5 Å². The van der Waals surface area contributed by atoms with Crippen molar-refractivity contribution in [2.75, 3.05) is 0 Å². The Labute approximate surface area is 161 Å². The molecule has 26 heavy (non-hydrogen) atoms. The van der Waals surface area contributed by atoms with Crippen molar-refractivity contribution in [3.8, 4) is 0 Å². The number of amides is 2. The molecule has 3 N–H and O–H groups in total. The maximum absolute atomic E-state index is 12.4. The summed E-state index contributed by atoms with van der Waals surface area (Å²) in [6.07, 6.45) is 18.4. The maximum Gasteiger partial charge on any atom is 0.315 e. The summed E-state index contributed by atoms with van der Waals surface area (Å²) in [5.41, 5.74) is 0. The van der Waals surface area contributed by atoms with Gasteiger partial charge in [0.15, 0.2) is 0 Å².